The van der Waals surface area contributed by atoms with Crippen LogP contribution in [0.4, 0.5) is 0 Å². The third kappa shape index (κ3) is 3.70. The Morgan fingerprint density at radius 3 is 2.67 bits per heavy atom. The molecule has 0 aromatic carbocycles. The predicted octanol–water partition coefficient (Wildman–Crippen LogP) is 0.378. The molecule has 2 N–H and O–H groups in total. The summed E-state index contributed by atoms with van der Waals surface area (Å²) in [5, 5.41) is 11.9. The van der Waals surface area contributed by atoms with E-state index in [0.29, 0.717) is 19.5 Å². The minimum absolute atomic E-state index is 0.00537. The van der Waals surface area contributed by atoms with Gasteiger partial charge in [0.15, 0.2) is 0 Å². The molecule has 1 saturated heterocycles. The van der Waals surface area contributed by atoms with E-state index in [1.807, 2.05) is 20.8 Å². The molecule has 0 saturated carbocycles. The summed E-state index contributed by atoms with van der Waals surface area (Å²) in [6.45, 7) is 6.88. The fourth-order valence-corrected chi connectivity index (χ4v) is 2.07. The van der Waals surface area contributed by atoms with Crippen LogP contribution in [0, 0.1) is 11.8 Å². The number of nitrogens with one attached hydrogen (secondary N) is 1. The van der Waals surface area contributed by atoms with Crippen LogP contribution in [0.1, 0.15) is 33.6 Å². The summed E-state index contributed by atoms with van der Waals surface area (Å²) in [4.78, 5) is 25.3. The maximum atomic E-state index is 12.0. The molecule has 1 aliphatic rings. The highest BCUT2D eigenvalue weighted by Gasteiger charge is 2.31. The SMILES string of the molecule is CCC(=O)N1CCC(C(=O)NC(C)C(C)CO)C1. The number of amides is 2. The zero-order chi connectivity index (χ0) is 13.7. The Morgan fingerprint density at radius 2 is 2.11 bits per heavy atom. The topological polar surface area (TPSA) is 69.6 Å². The Balaban J connectivity index is 2.43. The maximum Gasteiger partial charge on any atom is 0.225 e. The van der Waals surface area contributed by atoms with E-state index in [4.69, 9.17) is 5.11 Å². The summed E-state index contributed by atoms with van der Waals surface area (Å²) in [7, 11) is 0. The van der Waals surface area contributed by atoms with Crippen molar-refractivity contribution in [1.82, 2.24) is 10.2 Å². The van der Waals surface area contributed by atoms with Crippen molar-refractivity contribution in [3.8, 4) is 0 Å². The summed E-state index contributed by atoms with van der Waals surface area (Å²) < 4.78 is 0. The van der Waals surface area contributed by atoms with Crippen molar-refractivity contribution in [2.75, 3.05) is 19.7 Å². The van der Waals surface area contributed by atoms with Gasteiger partial charge in [0.25, 0.3) is 0 Å². The van der Waals surface area contributed by atoms with Gasteiger partial charge in [0, 0.05) is 32.2 Å². The second kappa shape index (κ2) is 6.73. The number of hydrogen-bond donors (Lipinski definition) is 2. The van der Waals surface area contributed by atoms with Gasteiger partial charge < -0.3 is 15.3 Å². The Labute approximate surface area is 109 Å². The molecule has 0 aromatic rings. The Morgan fingerprint density at radius 1 is 1.44 bits per heavy atom. The van der Waals surface area contributed by atoms with E-state index in [9.17, 15) is 9.59 Å². The van der Waals surface area contributed by atoms with Gasteiger partial charge in [-0.15, -0.1) is 0 Å². The van der Waals surface area contributed by atoms with Crippen LogP contribution in [0.5, 0.6) is 0 Å². The van der Waals surface area contributed by atoms with E-state index < -0.39 is 0 Å². The molecule has 1 heterocycles. The van der Waals surface area contributed by atoms with Gasteiger partial charge in [-0.3, -0.25) is 9.59 Å². The number of nitrogens with zero attached hydrogens (tertiary/aromatic N) is 1. The van der Waals surface area contributed by atoms with E-state index in [2.05, 4.69) is 5.32 Å². The van der Waals surface area contributed by atoms with Gasteiger partial charge in [-0.25, -0.2) is 0 Å². The average Bonchev–Trinajstić information content (AvgIpc) is 2.86. The Kier molecular flexibility index (Phi) is 5.59. The smallest absolute Gasteiger partial charge is 0.225 e. The third-order valence-corrected chi connectivity index (χ3v) is 3.73. The van der Waals surface area contributed by atoms with Crippen LogP contribution >= 0.6 is 0 Å². The van der Waals surface area contributed by atoms with E-state index >= 15 is 0 Å². The van der Waals surface area contributed by atoms with Crippen LogP contribution in [0.2, 0.25) is 0 Å². The fraction of sp³-hybridized carbons (Fsp3) is 0.846. The first-order valence-corrected chi connectivity index (χ1v) is 6.68. The van der Waals surface area contributed by atoms with E-state index in [0.717, 1.165) is 6.42 Å². The largest absolute Gasteiger partial charge is 0.396 e. The molecule has 5 heteroatoms. The van der Waals surface area contributed by atoms with Crippen molar-refractivity contribution in [3.63, 3.8) is 0 Å². The lowest BCUT2D eigenvalue weighted by Crippen LogP contribution is -2.42. The number of aliphatic hydroxyl groups excluding tert-OH is 1. The van der Waals surface area contributed by atoms with E-state index in [-0.39, 0.29) is 36.3 Å². The van der Waals surface area contributed by atoms with Crippen molar-refractivity contribution in [1.29, 1.82) is 0 Å². The minimum Gasteiger partial charge on any atom is -0.396 e. The van der Waals surface area contributed by atoms with Crippen molar-refractivity contribution >= 4 is 11.8 Å². The normalized spacial score (nSPS) is 22.7. The van der Waals surface area contributed by atoms with Crippen LogP contribution in [-0.2, 0) is 9.59 Å². The molecular formula is C13H24N2O3. The molecule has 3 unspecified atom stereocenters. The first kappa shape index (κ1) is 15.0. The van der Waals surface area contributed by atoms with Crippen LogP contribution in [0.3, 0.4) is 0 Å². The van der Waals surface area contributed by atoms with Gasteiger partial charge in [-0.2, -0.15) is 0 Å². The molecular weight excluding hydrogens is 232 g/mol. The summed E-state index contributed by atoms with van der Waals surface area (Å²) in [5.41, 5.74) is 0. The number of rotatable bonds is 5. The molecule has 0 spiro atoms. The fourth-order valence-electron chi connectivity index (χ4n) is 2.07. The molecule has 104 valence electrons. The van der Waals surface area contributed by atoms with Crippen molar-refractivity contribution < 1.29 is 14.7 Å². The molecule has 0 bridgehead atoms. The van der Waals surface area contributed by atoms with Gasteiger partial charge in [0.05, 0.1) is 5.92 Å². The van der Waals surface area contributed by atoms with Crippen LogP contribution in [0.25, 0.3) is 0 Å². The zero-order valence-electron chi connectivity index (χ0n) is 11.5. The van der Waals surface area contributed by atoms with Gasteiger partial charge in [0.1, 0.15) is 0 Å². The van der Waals surface area contributed by atoms with Gasteiger partial charge in [-0.1, -0.05) is 13.8 Å². The summed E-state index contributed by atoms with van der Waals surface area (Å²) in [6.07, 6.45) is 1.23. The second-order valence-electron chi connectivity index (χ2n) is 5.14. The number of carbonyl (C=O) groups excluding carboxylic acids is 2. The van der Waals surface area contributed by atoms with Crippen LogP contribution < -0.4 is 5.32 Å². The lowest BCUT2D eigenvalue weighted by atomic mass is 10.0. The molecule has 1 aliphatic heterocycles. The maximum absolute atomic E-state index is 12.0. The monoisotopic (exact) mass is 256 g/mol. The summed E-state index contributed by atoms with van der Waals surface area (Å²) >= 11 is 0. The van der Waals surface area contributed by atoms with E-state index in [1.54, 1.807) is 4.90 Å². The zero-order valence-corrected chi connectivity index (χ0v) is 11.5. The molecule has 5 nitrogen and oxygen atoms in total. The Bertz CT molecular complexity index is 307. The molecule has 18 heavy (non-hydrogen) atoms. The van der Waals surface area contributed by atoms with Crippen molar-refractivity contribution in [3.05, 3.63) is 0 Å². The lowest BCUT2D eigenvalue weighted by Gasteiger charge is -2.21. The van der Waals surface area contributed by atoms with Gasteiger partial charge in [-0.05, 0) is 19.3 Å². The number of carbonyl (C=O) groups is 2. The first-order valence-electron chi connectivity index (χ1n) is 6.68. The number of aliphatic hydroxyl groups is 1. The molecule has 3 atom stereocenters. The second-order valence-corrected chi connectivity index (χ2v) is 5.14. The highest BCUT2D eigenvalue weighted by molar-refractivity contribution is 5.82. The molecule has 0 aliphatic carbocycles. The van der Waals surface area contributed by atoms with Crippen LogP contribution in [0.15, 0.2) is 0 Å². The van der Waals surface area contributed by atoms with Crippen molar-refractivity contribution in [2.45, 2.75) is 39.7 Å². The minimum atomic E-state index is -0.103. The standard InChI is InChI=1S/C13H24N2O3/c1-4-12(17)15-6-5-11(7-15)13(18)14-10(3)9(2)8-16/h9-11,16H,4-8H2,1-3H3,(H,14,18). The number of hydrogen-bond acceptors (Lipinski definition) is 3. The third-order valence-electron chi connectivity index (χ3n) is 3.73. The summed E-state index contributed by atoms with van der Waals surface area (Å²) in [6, 6.07) is -0.0431. The van der Waals surface area contributed by atoms with Gasteiger partial charge in [0.2, 0.25) is 11.8 Å². The highest BCUT2D eigenvalue weighted by atomic mass is 16.3. The van der Waals surface area contributed by atoms with E-state index in [1.165, 1.54) is 0 Å². The lowest BCUT2D eigenvalue weighted by molar-refractivity contribution is -0.130. The first-order chi connectivity index (χ1) is 8.49. The average molecular weight is 256 g/mol. The van der Waals surface area contributed by atoms with Crippen LogP contribution in [-0.4, -0.2) is 47.6 Å². The number of likely N-dealkylation sites (tertiary alicyclic amines) is 1. The molecule has 1 rings (SSSR count). The highest BCUT2D eigenvalue weighted by Crippen LogP contribution is 2.17. The summed E-state index contributed by atoms with van der Waals surface area (Å²) in [5.74, 6) is 0.0499. The molecule has 2 amide bonds. The molecule has 0 radical (unpaired) electrons. The van der Waals surface area contributed by atoms with Gasteiger partial charge >= 0.3 is 0 Å². The quantitative estimate of drug-likeness (QED) is 0.747. The molecule has 0 aromatic heterocycles. The molecule has 1 fully saturated rings. The Hall–Kier alpha value is -1.10. The predicted molar refractivity (Wildman–Crippen MR) is 68.8 cm³/mol. The van der Waals surface area contributed by atoms with Crippen molar-refractivity contribution in [2.24, 2.45) is 11.8 Å².